The van der Waals surface area contributed by atoms with Crippen molar-refractivity contribution in [1.82, 2.24) is 24.9 Å². The van der Waals surface area contributed by atoms with E-state index in [0.717, 1.165) is 17.6 Å². The van der Waals surface area contributed by atoms with Crippen LogP contribution in [0, 0.1) is 0 Å². The molecule has 1 amide bonds. The highest BCUT2D eigenvalue weighted by molar-refractivity contribution is 7.97. The smallest absolute Gasteiger partial charge is 0.415 e. The molecule has 0 unspecified atom stereocenters. The lowest BCUT2D eigenvalue weighted by atomic mass is 10.3. The molecule has 7 nitrogen and oxygen atoms in total. The van der Waals surface area contributed by atoms with Crippen molar-refractivity contribution >= 4 is 18.0 Å². The van der Waals surface area contributed by atoms with Gasteiger partial charge in [-0.25, -0.2) is 4.79 Å². The molecule has 0 fully saturated rings. The fourth-order valence-corrected chi connectivity index (χ4v) is 1.55. The number of nitrogens with zero attached hydrogens (tertiary/aromatic N) is 4. The molecule has 0 aliphatic carbocycles. The van der Waals surface area contributed by atoms with Crippen molar-refractivity contribution in [3.8, 4) is 5.69 Å². The molecule has 0 bridgehead atoms. The normalized spacial score (nSPS) is 10.0. The van der Waals surface area contributed by atoms with Gasteiger partial charge in [0.25, 0.3) is 0 Å². The molecule has 2 N–H and O–H groups in total. The topological polar surface area (TPSA) is 92.9 Å². The van der Waals surface area contributed by atoms with E-state index in [9.17, 15) is 4.79 Å². The summed E-state index contributed by atoms with van der Waals surface area (Å²) >= 11 is 0.834. The number of nitrogens with one attached hydrogen (secondary N) is 1. The first kappa shape index (κ1) is 10.4. The van der Waals surface area contributed by atoms with Crippen LogP contribution in [0.2, 0.25) is 0 Å². The molecule has 1 aromatic carbocycles. The highest BCUT2D eigenvalue weighted by Gasteiger charge is 2.09. The molecule has 2 rings (SSSR count). The predicted molar refractivity (Wildman–Crippen MR) is 56.2 cm³/mol. The SMILES string of the molecule is O=C(O)NSc1nnnn1-c1ccccc1. The fraction of sp³-hybridized carbons (Fsp3) is 0. The predicted octanol–water partition coefficient (Wildman–Crippen LogP) is 0.937. The van der Waals surface area contributed by atoms with Gasteiger partial charge in [0, 0.05) is 11.9 Å². The van der Waals surface area contributed by atoms with Gasteiger partial charge in [-0.3, -0.25) is 4.72 Å². The van der Waals surface area contributed by atoms with E-state index in [2.05, 4.69) is 20.2 Å². The minimum Gasteiger partial charge on any atom is -0.464 e. The summed E-state index contributed by atoms with van der Waals surface area (Å²) in [7, 11) is 0. The summed E-state index contributed by atoms with van der Waals surface area (Å²) in [5.41, 5.74) is 0.766. The van der Waals surface area contributed by atoms with Crippen molar-refractivity contribution < 1.29 is 9.90 Å². The number of amides is 1. The lowest BCUT2D eigenvalue weighted by molar-refractivity contribution is 0.202. The highest BCUT2D eigenvalue weighted by Crippen LogP contribution is 2.14. The van der Waals surface area contributed by atoms with Crippen LogP contribution in [0.1, 0.15) is 0 Å². The number of para-hydroxylation sites is 1. The third kappa shape index (κ3) is 2.28. The van der Waals surface area contributed by atoms with Crippen molar-refractivity contribution in [2.24, 2.45) is 0 Å². The van der Waals surface area contributed by atoms with Gasteiger partial charge in [0.1, 0.15) is 0 Å². The Morgan fingerprint density at radius 1 is 1.38 bits per heavy atom. The van der Waals surface area contributed by atoms with Crippen LogP contribution in [0.5, 0.6) is 0 Å². The molecule has 82 valence electrons. The van der Waals surface area contributed by atoms with Crippen LogP contribution in [0.4, 0.5) is 4.79 Å². The van der Waals surface area contributed by atoms with Gasteiger partial charge >= 0.3 is 6.09 Å². The first-order chi connectivity index (χ1) is 7.77. The summed E-state index contributed by atoms with van der Waals surface area (Å²) < 4.78 is 3.57. The van der Waals surface area contributed by atoms with Gasteiger partial charge < -0.3 is 5.11 Å². The van der Waals surface area contributed by atoms with Crippen LogP contribution in [-0.2, 0) is 0 Å². The van der Waals surface area contributed by atoms with Crippen LogP contribution >= 0.6 is 11.9 Å². The van der Waals surface area contributed by atoms with Gasteiger partial charge in [0.15, 0.2) is 0 Å². The minimum atomic E-state index is -1.15. The van der Waals surface area contributed by atoms with Crippen molar-refractivity contribution in [3.05, 3.63) is 30.3 Å². The molecule has 1 heterocycles. The molecule has 16 heavy (non-hydrogen) atoms. The van der Waals surface area contributed by atoms with Crippen molar-refractivity contribution in [1.29, 1.82) is 0 Å². The summed E-state index contributed by atoms with van der Waals surface area (Å²) in [5, 5.41) is 19.8. The highest BCUT2D eigenvalue weighted by atomic mass is 32.2. The van der Waals surface area contributed by atoms with E-state index in [1.54, 1.807) is 0 Å². The molecule has 8 heteroatoms. The molecule has 0 aliphatic heterocycles. The van der Waals surface area contributed by atoms with Crippen molar-refractivity contribution in [2.75, 3.05) is 0 Å². The third-order valence-corrected chi connectivity index (χ3v) is 2.39. The van der Waals surface area contributed by atoms with Crippen LogP contribution in [-0.4, -0.2) is 31.4 Å². The number of aromatic nitrogens is 4. The van der Waals surface area contributed by atoms with Gasteiger partial charge in [-0.2, -0.15) is 4.68 Å². The molecule has 0 saturated heterocycles. The fourth-order valence-electron chi connectivity index (χ4n) is 1.06. The van der Waals surface area contributed by atoms with E-state index in [-0.39, 0.29) is 0 Å². The maximum atomic E-state index is 10.3. The molecule has 2 aromatic rings. The number of hydrogen-bond acceptors (Lipinski definition) is 5. The van der Waals surface area contributed by atoms with Crippen LogP contribution in [0.15, 0.2) is 35.5 Å². The van der Waals surface area contributed by atoms with Gasteiger partial charge in [-0.05, 0) is 22.6 Å². The first-order valence-electron chi connectivity index (χ1n) is 4.27. The maximum absolute atomic E-state index is 10.3. The minimum absolute atomic E-state index is 0.355. The Balaban J connectivity index is 2.23. The third-order valence-electron chi connectivity index (χ3n) is 1.67. The van der Waals surface area contributed by atoms with Gasteiger partial charge in [0.05, 0.1) is 5.69 Å². The van der Waals surface area contributed by atoms with E-state index in [1.807, 2.05) is 30.3 Å². The average molecular weight is 237 g/mol. The quantitative estimate of drug-likeness (QED) is 0.771. The second-order valence-electron chi connectivity index (χ2n) is 2.72. The Morgan fingerprint density at radius 3 is 2.81 bits per heavy atom. The number of hydrogen-bond donors (Lipinski definition) is 2. The zero-order chi connectivity index (χ0) is 11.4. The largest absolute Gasteiger partial charge is 0.464 e. The molecule has 0 atom stereocenters. The molecule has 1 aromatic heterocycles. The second-order valence-corrected chi connectivity index (χ2v) is 3.49. The molecular weight excluding hydrogens is 230 g/mol. The van der Waals surface area contributed by atoms with E-state index < -0.39 is 6.09 Å². The summed E-state index contributed by atoms with van der Waals surface area (Å²) in [6.45, 7) is 0. The molecule has 0 spiro atoms. The molecule has 0 radical (unpaired) electrons. The van der Waals surface area contributed by atoms with Crippen molar-refractivity contribution in [2.45, 2.75) is 5.16 Å². The number of carboxylic acid groups (broad SMARTS) is 1. The molecule has 0 saturated carbocycles. The summed E-state index contributed by atoms with van der Waals surface area (Å²) in [6.07, 6.45) is -1.15. The van der Waals surface area contributed by atoms with E-state index >= 15 is 0 Å². The standard InChI is InChI=1S/C8H7N5O2S/c14-8(15)10-16-7-9-11-12-13(7)6-4-2-1-3-5-6/h1-5,10H,(H,14,15). The zero-order valence-electron chi connectivity index (χ0n) is 7.94. The maximum Gasteiger partial charge on any atom is 0.415 e. The number of tetrazole rings is 1. The number of rotatable bonds is 3. The van der Waals surface area contributed by atoms with Gasteiger partial charge in [0.2, 0.25) is 5.16 Å². The van der Waals surface area contributed by atoms with E-state index in [0.29, 0.717) is 5.16 Å². The Bertz CT molecular complexity index is 486. The lowest BCUT2D eigenvalue weighted by Crippen LogP contribution is -2.13. The summed E-state index contributed by atoms with van der Waals surface area (Å²) in [6, 6.07) is 9.20. The van der Waals surface area contributed by atoms with Gasteiger partial charge in [-0.15, -0.1) is 0 Å². The number of carbonyl (C=O) groups is 1. The first-order valence-corrected chi connectivity index (χ1v) is 5.08. The lowest BCUT2D eigenvalue weighted by Gasteiger charge is -2.02. The van der Waals surface area contributed by atoms with Crippen LogP contribution < -0.4 is 4.72 Å². The Labute approximate surface area is 94.6 Å². The average Bonchev–Trinajstić information content (AvgIpc) is 2.75. The summed E-state index contributed by atoms with van der Waals surface area (Å²) in [4.78, 5) is 10.3. The van der Waals surface area contributed by atoms with Crippen LogP contribution in [0.25, 0.3) is 5.69 Å². The van der Waals surface area contributed by atoms with E-state index in [1.165, 1.54) is 4.68 Å². The monoisotopic (exact) mass is 237 g/mol. The molecule has 0 aliphatic rings. The zero-order valence-corrected chi connectivity index (χ0v) is 8.76. The van der Waals surface area contributed by atoms with Crippen molar-refractivity contribution in [3.63, 3.8) is 0 Å². The van der Waals surface area contributed by atoms with E-state index in [4.69, 9.17) is 5.11 Å². The Morgan fingerprint density at radius 2 is 2.12 bits per heavy atom. The second kappa shape index (κ2) is 4.62. The van der Waals surface area contributed by atoms with Crippen LogP contribution in [0.3, 0.4) is 0 Å². The Kier molecular flexibility index (Phi) is 3.01. The Hall–Kier alpha value is -2.09. The van der Waals surface area contributed by atoms with Gasteiger partial charge in [-0.1, -0.05) is 23.3 Å². The summed E-state index contributed by atoms with van der Waals surface area (Å²) in [5.74, 6) is 0. The number of benzene rings is 1. The molecular formula is C8H7N5O2S.